The van der Waals surface area contributed by atoms with Gasteiger partial charge in [-0.25, -0.2) is 10.0 Å². The second kappa shape index (κ2) is 8.09. The van der Waals surface area contributed by atoms with Gasteiger partial charge in [0.2, 0.25) is 0 Å². The summed E-state index contributed by atoms with van der Waals surface area (Å²) in [6, 6.07) is 10.4. The topological polar surface area (TPSA) is 50.2 Å². The molecular weight excluding hydrogens is 364 g/mol. The summed E-state index contributed by atoms with van der Waals surface area (Å²) in [6.07, 6.45) is 8.78. The zero-order chi connectivity index (χ0) is 20.4. The van der Waals surface area contributed by atoms with Crippen molar-refractivity contribution >= 4 is 11.3 Å². The van der Waals surface area contributed by atoms with Crippen LogP contribution in [-0.4, -0.2) is 47.5 Å². The fraction of sp³-hybridized carbons (Fsp3) is 0.304. The Bertz CT molecular complexity index is 982. The van der Waals surface area contributed by atoms with Crippen molar-refractivity contribution in [2.24, 2.45) is 4.99 Å². The van der Waals surface area contributed by atoms with Gasteiger partial charge in [0.15, 0.2) is 17.3 Å². The Balaban J connectivity index is 1.68. The van der Waals surface area contributed by atoms with Gasteiger partial charge >= 0.3 is 0 Å². The average Bonchev–Trinajstić information content (AvgIpc) is 3.02. The Labute approximate surface area is 171 Å². The van der Waals surface area contributed by atoms with E-state index in [1.807, 2.05) is 37.5 Å². The molecule has 0 saturated carbocycles. The van der Waals surface area contributed by atoms with Crippen LogP contribution in [0.1, 0.15) is 25.0 Å². The minimum absolute atomic E-state index is 0.171. The van der Waals surface area contributed by atoms with E-state index < -0.39 is 0 Å². The summed E-state index contributed by atoms with van der Waals surface area (Å²) >= 11 is 0. The molecule has 0 saturated heterocycles. The van der Waals surface area contributed by atoms with Gasteiger partial charge in [0, 0.05) is 36.4 Å². The third-order valence-electron chi connectivity index (χ3n) is 5.41. The molecule has 0 radical (unpaired) electrons. The summed E-state index contributed by atoms with van der Waals surface area (Å²) in [7, 11) is 3.32. The van der Waals surface area contributed by atoms with E-state index >= 15 is 0 Å². The molecule has 1 aromatic carbocycles. The van der Waals surface area contributed by atoms with E-state index in [1.165, 1.54) is 11.1 Å². The SMILES string of the molecule is COc1ccc(C2=C3N=C(C)C=CN3N(CCc3ccncc3)C2C)cc1OC. The zero-order valence-corrected chi connectivity index (χ0v) is 17.3. The van der Waals surface area contributed by atoms with Crippen LogP contribution in [0, 0.1) is 0 Å². The number of fused-ring (bicyclic) bond motifs is 1. The number of aromatic nitrogens is 1. The highest BCUT2D eigenvalue weighted by molar-refractivity contribution is 5.95. The van der Waals surface area contributed by atoms with Gasteiger partial charge in [-0.2, -0.15) is 0 Å². The van der Waals surface area contributed by atoms with Gasteiger partial charge in [-0.1, -0.05) is 6.07 Å². The number of nitrogens with zero attached hydrogens (tertiary/aromatic N) is 4. The first-order valence-corrected chi connectivity index (χ1v) is 9.77. The molecule has 0 aliphatic carbocycles. The zero-order valence-electron chi connectivity index (χ0n) is 17.3. The number of rotatable bonds is 6. The van der Waals surface area contributed by atoms with Gasteiger partial charge in [0.25, 0.3) is 0 Å². The molecule has 2 aliphatic heterocycles. The molecule has 0 fully saturated rings. The first kappa shape index (κ1) is 19.2. The molecule has 0 N–H and O–H groups in total. The van der Waals surface area contributed by atoms with Crippen LogP contribution in [0.3, 0.4) is 0 Å². The number of aliphatic imine (C=N–C) groups is 1. The third-order valence-corrected chi connectivity index (χ3v) is 5.41. The van der Waals surface area contributed by atoms with Crippen LogP contribution in [-0.2, 0) is 6.42 Å². The number of hydrazine groups is 1. The Hall–Kier alpha value is -3.12. The molecule has 0 bridgehead atoms. The van der Waals surface area contributed by atoms with Crippen LogP contribution < -0.4 is 9.47 Å². The van der Waals surface area contributed by atoms with E-state index in [1.54, 1.807) is 14.2 Å². The second-order valence-electron chi connectivity index (χ2n) is 7.17. The summed E-state index contributed by atoms with van der Waals surface area (Å²) in [5.74, 6) is 2.42. The minimum Gasteiger partial charge on any atom is -0.493 e. The summed E-state index contributed by atoms with van der Waals surface area (Å²) in [5.41, 5.74) is 4.55. The number of hydrogen-bond acceptors (Lipinski definition) is 6. The maximum atomic E-state index is 5.53. The molecule has 6 heteroatoms. The first-order chi connectivity index (χ1) is 14.1. The molecular formula is C23H26N4O2. The van der Waals surface area contributed by atoms with Crippen LogP contribution in [0.5, 0.6) is 11.5 Å². The van der Waals surface area contributed by atoms with Crippen LogP contribution in [0.4, 0.5) is 0 Å². The van der Waals surface area contributed by atoms with E-state index in [9.17, 15) is 0 Å². The van der Waals surface area contributed by atoms with Crippen molar-refractivity contribution in [3.8, 4) is 11.5 Å². The summed E-state index contributed by atoms with van der Waals surface area (Å²) in [6.45, 7) is 5.13. The smallest absolute Gasteiger partial charge is 0.161 e. The Kier molecular flexibility index (Phi) is 5.36. The monoisotopic (exact) mass is 390 g/mol. The van der Waals surface area contributed by atoms with E-state index in [0.29, 0.717) is 0 Å². The molecule has 1 unspecified atom stereocenters. The number of ether oxygens (including phenoxy) is 2. The molecule has 3 heterocycles. The Morgan fingerprint density at radius 2 is 1.79 bits per heavy atom. The van der Waals surface area contributed by atoms with Crippen molar-refractivity contribution < 1.29 is 9.47 Å². The van der Waals surface area contributed by atoms with Gasteiger partial charge in [-0.05, 0) is 61.7 Å². The number of allylic oxidation sites excluding steroid dienone is 1. The van der Waals surface area contributed by atoms with Gasteiger partial charge in [-0.15, -0.1) is 0 Å². The van der Waals surface area contributed by atoms with E-state index in [0.717, 1.165) is 41.6 Å². The number of benzene rings is 1. The molecule has 150 valence electrons. The molecule has 2 aliphatic rings. The number of pyridine rings is 1. The quantitative estimate of drug-likeness (QED) is 0.748. The fourth-order valence-corrected chi connectivity index (χ4v) is 3.89. The molecule has 1 aromatic heterocycles. The van der Waals surface area contributed by atoms with Crippen LogP contribution >= 0.6 is 0 Å². The standard InChI is InChI=1S/C23H26N4O2/c1-16-9-13-27-23(25-16)22(19-5-6-20(28-3)21(15-19)29-4)17(2)26(27)14-10-18-7-11-24-12-8-18/h5-9,11-13,15,17H,10,14H2,1-4H3. The van der Waals surface area contributed by atoms with Crippen LogP contribution in [0.15, 0.2) is 65.8 Å². The highest BCUT2D eigenvalue weighted by Crippen LogP contribution is 2.41. The molecule has 0 amide bonds. The number of hydrogen-bond donors (Lipinski definition) is 0. The van der Waals surface area contributed by atoms with Crippen LogP contribution in [0.2, 0.25) is 0 Å². The summed E-state index contributed by atoms with van der Waals surface area (Å²) < 4.78 is 10.9. The molecule has 29 heavy (non-hydrogen) atoms. The van der Waals surface area contributed by atoms with Gasteiger partial charge < -0.3 is 9.47 Å². The third kappa shape index (κ3) is 3.63. The molecule has 2 aromatic rings. The van der Waals surface area contributed by atoms with Crippen LogP contribution in [0.25, 0.3) is 5.57 Å². The van der Waals surface area contributed by atoms with E-state index in [2.05, 4.69) is 46.3 Å². The normalized spacial score (nSPS) is 18.7. The van der Waals surface area contributed by atoms with E-state index in [-0.39, 0.29) is 6.04 Å². The lowest BCUT2D eigenvalue weighted by Crippen LogP contribution is -2.40. The Morgan fingerprint density at radius 3 is 2.52 bits per heavy atom. The lowest BCUT2D eigenvalue weighted by atomic mass is 9.99. The molecule has 0 spiro atoms. The lowest BCUT2D eigenvalue weighted by molar-refractivity contribution is 0.0576. The average molecular weight is 390 g/mol. The molecule has 6 nitrogen and oxygen atoms in total. The largest absolute Gasteiger partial charge is 0.493 e. The summed E-state index contributed by atoms with van der Waals surface area (Å²) in [4.78, 5) is 8.98. The Morgan fingerprint density at radius 1 is 1.03 bits per heavy atom. The predicted octanol–water partition coefficient (Wildman–Crippen LogP) is 3.92. The van der Waals surface area contributed by atoms with Crippen molar-refractivity contribution in [2.75, 3.05) is 20.8 Å². The lowest BCUT2D eigenvalue weighted by Gasteiger charge is -2.32. The van der Waals surface area contributed by atoms with Crippen molar-refractivity contribution in [2.45, 2.75) is 26.3 Å². The van der Waals surface area contributed by atoms with Gasteiger partial charge in [-0.3, -0.25) is 9.99 Å². The van der Waals surface area contributed by atoms with Crippen molar-refractivity contribution in [1.82, 2.24) is 15.0 Å². The fourth-order valence-electron chi connectivity index (χ4n) is 3.89. The van der Waals surface area contributed by atoms with Crippen molar-refractivity contribution in [3.63, 3.8) is 0 Å². The van der Waals surface area contributed by atoms with Gasteiger partial charge in [0.1, 0.15) is 0 Å². The maximum Gasteiger partial charge on any atom is 0.161 e. The minimum atomic E-state index is 0.171. The number of methoxy groups -OCH3 is 2. The van der Waals surface area contributed by atoms with Gasteiger partial charge in [0.05, 0.1) is 20.3 Å². The van der Waals surface area contributed by atoms with Crippen molar-refractivity contribution in [3.05, 3.63) is 71.9 Å². The predicted molar refractivity (Wildman–Crippen MR) is 115 cm³/mol. The molecule has 1 atom stereocenters. The summed E-state index contributed by atoms with van der Waals surface area (Å²) in [5, 5.41) is 4.53. The highest BCUT2D eigenvalue weighted by atomic mass is 16.5. The second-order valence-corrected chi connectivity index (χ2v) is 7.17. The van der Waals surface area contributed by atoms with Crippen molar-refractivity contribution in [1.29, 1.82) is 0 Å². The van der Waals surface area contributed by atoms with E-state index in [4.69, 9.17) is 14.5 Å². The maximum absolute atomic E-state index is 5.53. The highest BCUT2D eigenvalue weighted by Gasteiger charge is 2.37. The molecule has 4 rings (SSSR count). The first-order valence-electron chi connectivity index (χ1n) is 9.77.